The summed E-state index contributed by atoms with van der Waals surface area (Å²) in [5.41, 5.74) is 2.79. The number of ether oxygens (including phenoxy) is 1. The van der Waals surface area contributed by atoms with Crippen LogP contribution in [0.25, 0.3) is 0 Å². The molecule has 100 valence electrons. The van der Waals surface area contributed by atoms with Gasteiger partial charge < -0.3 is 9.64 Å². The molecule has 1 aliphatic carbocycles. The second-order valence-corrected chi connectivity index (χ2v) is 4.81. The minimum atomic E-state index is -0.761. The molecule has 1 aromatic carbocycles. The average molecular weight is 261 g/mol. The first-order valence-electron chi connectivity index (χ1n) is 6.28. The van der Waals surface area contributed by atoms with Gasteiger partial charge in [-0.2, -0.15) is 0 Å². The summed E-state index contributed by atoms with van der Waals surface area (Å²) >= 11 is 0. The van der Waals surface area contributed by atoms with E-state index in [4.69, 9.17) is 10.6 Å². The van der Waals surface area contributed by atoms with Crippen molar-refractivity contribution in [3.8, 4) is 5.75 Å². The molecule has 1 atom stereocenters. The van der Waals surface area contributed by atoms with Crippen LogP contribution >= 0.6 is 0 Å². The monoisotopic (exact) mass is 261 g/mol. The summed E-state index contributed by atoms with van der Waals surface area (Å²) in [4.78, 5) is 25.6. The molecule has 2 amide bonds. The third kappa shape index (κ3) is 2.15. The van der Waals surface area contributed by atoms with Gasteiger partial charge in [0.2, 0.25) is 5.91 Å². The molecule has 1 aromatic rings. The number of nitrogens with two attached hydrogens (primary N) is 1. The number of hydrogen-bond acceptors (Lipinski definition) is 4. The zero-order valence-corrected chi connectivity index (χ0v) is 10.3. The number of nitrogens with one attached hydrogen (secondary N) is 1. The van der Waals surface area contributed by atoms with Gasteiger partial charge in [0.1, 0.15) is 5.75 Å². The largest absolute Gasteiger partial charge is 0.476 e. The molecule has 3 N–H and O–H groups in total. The summed E-state index contributed by atoms with van der Waals surface area (Å²) in [6.45, 7) is 0.204. The summed E-state index contributed by atoms with van der Waals surface area (Å²) in [6.07, 6.45) is 1.08. The van der Waals surface area contributed by atoms with E-state index < -0.39 is 12.0 Å². The number of amides is 2. The van der Waals surface area contributed by atoms with Crippen molar-refractivity contribution in [2.24, 2.45) is 11.8 Å². The zero-order valence-electron chi connectivity index (χ0n) is 10.3. The normalized spacial score (nSPS) is 21.3. The molecule has 19 heavy (non-hydrogen) atoms. The van der Waals surface area contributed by atoms with Crippen molar-refractivity contribution in [2.75, 3.05) is 11.4 Å². The number of nitrogens with zero attached hydrogens (tertiary/aromatic N) is 1. The van der Waals surface area contributed by atoms with Crippen molar-refractivity contribution in [1.82, 2.24) is 5.43 Å². The Kier molecular flexibility index (Phi) is 2.87. The molecule has 1 saturated carbocycles. The molecular formula is C13H15N3O3. The van der Waals surface area contributed by atoms with E-state index in [0.29, 0.717) is 5.75 Å². The maximum Gasteiger partial charge on any atom is 0.276 e. The molecular weight excluding hydrogens is 246 g/mol. The second-order valence-electron chi connectivity index (χ2n) is 4.81. The SMILES string of the molecule is NNC(=O)[C@H]1CN(C(=O)C2CC2)c2ccccc2O1. The number of hydrogen-bond donors (Lipinski definition) is 2. The predicted molar refractivity (Wildman–Crippen MR) is 68.3 cm³/mol. The molecule has 1 fully saturated rings. The van der Waals surface area contributed by atoms with Crippen molar-refractivity contribution >= 4 is 17.5 Å². The standard InChI is InChI=1S/C13H15N3O3/c14-15-12(17)11-7-16(13(18)8-5-6-8)9-3-1-2-4-10(9)19-11/h1-4,8,11H,5-7,14H2,(H,15,17)/t11-/m1/s1. The van der Waals surface area contributed by atoms with E-state index in [1.54, 1.807) is 17.0 Å². The summed E-state index contributed by atoms with van der Waals surface area (Å²) in [5.74, 6) is 5.40. The molecule has 0 radical (unpaired) electrons. The highest BCUT2D eigenvalue weighted by atomic mass is 16.5. The lowest BCUT2D eigenvalue weighted by Crippen LogP contribution is -2.52. The third-order valence-corrected chi connectivity index (χ3v) is 3.40. The fourth-order valence-electron chi connectivity index (χ4n) is 2.22. The highest BCUT2D eigenvalue weighted by Crippen LogP contribution is 2.38. The molecule has 0 spiro atoms. The number of hydrazine groups is 1. The van der Waals surface area contributed by atoms with Gasteiger partial charge in [0.05, 0.1) is 12.2 Å². The first-order chi connectivity index (χ1) is 9.20. The Morgan fingerprint density at radius 1 is 1.32 bits per heavy atom. The molecule has 1 heterocycles. The summed E-state index contributed by atoms with van der Waals surface area (Å²) < 4.78 is 5.58. The smallest absolute Gasteiger partial charge is 0.276 e. The Hall–Kier alpha value is -2.08. The van der Waals surface area contributed by atoms with Crippen LogP contribution in [0.3, 0.4) is 0 Å². The molecule has 6 nitrogen and oxygen atoms in total. The second kappa shape index (κ2) is 4.55. The fraction of sp³-hybridized carbons (Fsp3) is 0.385. The van der Waals surface area contributed by atoms with E-state index in [-0.39, 0.29) is 18.4 Å². The molecule has 0 unspecified atom stereocenters. The molecule has 2 aliphatic rings. The first-order valence-corrected chi connectivity index (χ1v) is 6.28. The van der Waals surface area contributed by atoms with Crippen LogP contribution in [0.1, 0.15) is 12.8 Å². The Bertz CT molecular complexity index is 528. The van der Waals surface area contributed by atoms with Gasteiger partial charge in [-0.1, -0.05) is 12.1 Å². The van der Waals surface area contributed by atoms with Crippen LogP contribution in [-0.4, -0.2) is 24.5 Å². The van der Waals surface area contributed by atoms with Crippen molar-refractivity contribution in [3.05, 3.63) is 24.3 Å². The Morgan fingerprint density at radius 2 is 2.05 bits per heavy atom. The van der Waals surface area contributed by atoms with Gasteiger partial charge in [0.25, 0.3) is 5.91 Å². The maximum absolute atomic E-state index is 12.3. The lowest BCUT2D eigenvalue weighted by Gasteiger charge is -2.34. The van der Waals surface area contributed by atoms with Crippen LogP contribution in [-0.2, 0) is 9.59 Å². The molecule has 1 aliphatic heterocycles. The lowest BCUT2D eigenvalue weighted by atomic mass is 10.1. The van der Waals surface area contributed by atoms with Gasteiger partial charge in [0.15, 0.2) is 6.10 Å². The molecule has 0 bridgehead atoms. The van der Waals surface area contributed by atoms with Crippen molar-refractivity contribution in [2.45, 2.75) is 18.9 Å². The van der Waals surface area contributed by atoms with E-state index in [1.165, 1.54) is 0 Å². The van der Waals surface area contributed by atoms with Gasteiger partial charge in [-0.15, -0.1) is 0 Å². The molecule has 0 saturated heterocycles. The zero-order chi connectivity index (χ0) is 13.4. The third-order valence-electron chi connectivity index (χ3n) is 3.40. The van der Waals surface area contributed by atoms with Crippen LogP contribution in [0.4, 0.5) is 5.69 Å². The van der Waals surface area contributed by atoms with Crippen molar-refractivity contribution < 1.29 is 14.3 Å². The summed E-state index contributed by atoms with van der Waals surface area (Å²) in [5, 5.41) is 0. The van der Waals surface area contributed by atoms with E-state index in [9.17, 15) is 9.59 Å². The summed E-state index contributed by atoms with van der Waals surface area (Å²) in [7, 11) is 0. The quantitative estimate of drug-likeness (QED) is 0.452. The van der Waals surface area contributed by atoms with Gasteiger partial charge in [-0.3, -0.25) is 15.0 Å². The average Bonchev–Trinajstić information content (AvgIpc) is 3.29. The van der Waals surface area contributed by atoms with Crippen LogP contribution in [0.2, 0.25) is 0 Å². The highest BCUT2D eigenvalue weighted by Gasteiger charge is 2.39. The Balaban J connectivity index is 1.93. The van der Waals surface area contributed by atoms with Gasteiger partial charge >= 0.3 is 0 Å². The highest BCUT2D eigenvalue weighted by molar-refractivity contribution is 5.99. The number of anilines is 1. The number of fused-ring (bicyclic) bond motifs is 1. The van der Waals surface area contributed by atoms with Crippen LogP contribution < -0.4 is 20.9 Å². The first kappa shape index (κ1) is 12.0. The van der Waals surface area contributed by atoms with E-state index in [2.05, 4.69) is 5.43 Å². The van der Waals surface area contributed by atoms with E-state index >= 15 is 0 Å². The van der Waals surface area contributed by atoms with Crippen LogP contribution in [0.5, 0.6) is 5.75 Å². The van der Waals surface area contributed by atoms with Gasteiger partial charge in [-0.05, 0) is 25.0 Å². The fourth-order valence-corrected chi connectivity index (χ4v) is 2.22. The van der Waals surface area contributed by atoms with E-state index in [1.807, 2.05) is 12.1 Å². The summed E-state index contributed by atoms with van der Waals surface area (Å²) in [6, 6.07) is 7.23. The van der Waals surface area contributed by atoms with Crippen molar-refractivity contribution in [3.63, 3.8) is 0 Å². The predicted octanol–water partition coefficient (Wildman–Crippen LogP) is 0.181. The van der Waals surface area contributed by atoms with Gasteiger partial charge in [0, 0.05) is 5.92 Å². The number of benzene rings is 1. The molecule has 6 heteroatoms. The Labute approximate surface area is 110 Å². The lowest BCUT2D eigenvalue weighted by molar-refractivity contribution is -0.128. The number of rotatable bonds is 2. The molecule has 3 rings (SSSR count). The Morgan fingerprint density at radius 3 is 2.74 bits per heavy atom. The molecule has 0 aromatic heterocycles. The minimum Gasteiger partial charge on any atom is -0.476 e. The maximum atomic E-state index is 12.3. The van der Waals surface area contributed by atoms with Gasteiger partial charge in [-0.25, -0.2) is 5.84 Å². The topological polar surface area (TPSA) is 84.7 Å². The van der Waals surface area contributed by atoms with Crippen molar-refractivity contribution in [1.29, 1.82) is 0 Å². The van der Waals surface area contributed by atoms with Crippen LogP contribution in [0, 0.1) is 5.92 Å². The number of carbonyl (C=O) groups is 2. The van der Waals surface area contributed by atoms with Crippen LogP contribution in [0.15, 0.2) is 24.3 Å². The minimum absolute atomic E-state index is 0.0607. The number of carbonyl (C=O) groups excluding carboxylic acids is 2. The van der Waals surface area contributed by atoms with E-state index in [0.717, 1.165) is 18.5 Å². The number of para-hydroxylation sites is 2.